The fourth-order valence-corrected chi connectivity index (χ4v) is 4.85. The minimum Gasteiger partial charge on any atom is -0.273 e. The first kappa shape index (κ1) is 21.5. The van der Waals surface area contributed by atoms with Gasteiger partial charge in [-0.15, -0.1) is 0 Å². The number of carbonyl (C=O) groups excluding carboxylic acids is 1. The summed E-state index contributed by atoms with van der Waals surface area (Å²) >= 11 is 1.14. The molecule has 1 fully saturated rings. The zero-order valence-electron chi connectivity index (χ0n) is 16.9. The molecule has 31 heavy (non-hydrogen) atoms. The van der Waals surface area contributed by atoms with Crippen LogP contribution in [0.25, 0.3) is 10.9 Å². The molecule has 4 rings (SSSR count). The van der Waals surface area contributed by atoms with Gasteiger partial charge in [-0.05, 0) is 42.2 Å². The van der Waals surface area contributed by atoms with Crippen LogP contribution in [0.15, 0.2) is 52.4 Å². The van der Waals surface area contributed by atoms with Crippen molar-refractivity contribution >= 4 is 28.6 Å². The number of amides is 1. The van der Waals surface area contributed by atoms with Crippen LogP contribution in [-0.4, -0.2) is 15.6 Å². The minimum absolute atomic E-state index is 0.192. The summed E-state index contributed by atoms with van der Waals surface area (Å²) in [5, 5.41) is 0.655. The van der Waals surface area contributed by atoms with Gasteiger partial charge in [0.1, 0.15) is 11.6 Å². The zero-order valence-corrected chi connectivity index (χ0v) is 17.8. The SMILES string of the molecule is O=C(CCC1CCCC1)Nn1c(SCc2cc(F)cc(F)c2)nc2ccccc2c1=O. The van der Waals surface area contributed by atoms with E-state index in [4.69, 9.17) is 0 Å². The molecule has 1 saturated carbocycles. The van der Waals surface area contributed by atoms with Crippen molar-refractivity contribution in [2.24, 2.45) is 5.92 Å². The number of carbonyl (C=O) groups is 1. The number of benzene rings is 2. The van der Waals surface area contributed by atoms with Crippen LogP contribution in [0.1, 0.15) is 44.1 Å². The minimum atomic E-state index is -0.667. The fraction of sp³-hybridized carbons (Fsp3) is 0.348. The van der Waals surface area contributed by atoms with Crippen LogP contribution in [0.2, 0.25) is 0 Å². The van der Waals surface area contributed by atoms with Crippen LogP contribution in [-0.2, 0) is 10.5 Å². The van der Waals surface area contributed by atoms with Crippen LogP contribution in [0.4, 0.5) is 8.78 Å². The number of halogens is 2. The lowest BCUT2D eigenvalue weighted by Crippen LogP contribution is -2.35. The van der Waals surface area contributed by atoms with Crippen molar-refractivity contribution in [2.45, 2.75) is 49.4 Å². The third-order valence-electron chi connectivity index (χ3n) is 5.53. The normalized spacial score (nSPS) is 14.3. The highest BCUT2D eigenvalue weighted by atomic mass is 32.2. The molecule has 1 aliphatic carbocycles. The van der Waals surface area contributed by atoms with Crippen LogP contribution in [0.3, 0.4) is 0 Å². The van der Waals surface area contributed by atoms with E-state index in [0.717, 1.165) is 41.8 Å². The summed E-state index contributed by atoms with van der Waals surface area (Å²) < 4.78 is 28.2. The van der Waals surface area contributed by atoms with E-state index >= 15 is 0 Å². The summed E-state index contributed by atoms with van der Waals surface area (Å²) in [6, 6.07) is 10.2. The van der Waals surface area contributed by atoms with Crippen molar-refractivity contribution in [1.82, 2.24) is 9.66 Å². The van der Waals surface area contributed by atoms with E-state index in [-0.39, 0.29) is 22.4 Å². The fourth-order valence-electron chi connectivity index (χ4n) is 3.96. The number of para-hydroxylation sites is 1. The van der Waals surface area contributed by atoms with Crippen molar-refractivity contribution in [3.05, 3.63) is 70.0 Å². The molecule has 0 radical (unpaired) electrons. The van der Waals surface area contributed by atoms with Gasteiger partial charge < -0.3 is 0 Å². The zero-order chi connectivity index (χ0) is 21.8. The molecule has 1 N–H and O–H groups in total. The summed E-state index contributed by atoms with van der Waals surface area (Å²) in [4.78, 5) is 30.1. The summed E-state index contributed by atoms with van der Waals surface area (Å²) in [6.07, 6.45) is 5.85. The largest absolute Gasteiger partial charge is 0.281 e. The molecule has 1 amide bonds. The summed E-state index contributed by atoms with van der Waals surface area (Å²) in [5.74, 6) is -0.824. The Labute approximate surface area is 182 Å². The monoisotopic (exact) mass is 443 g/mol. The molecule has 1 aliphatic rings. The van der Waals surface area contributed by atoms with Crippen LogP contribution in [0.5, 0.6) is 0 Å². The smallest absolute Gasteiger partial charge is 0.273 e. The summed E-state index contributed by atoms with van der Waals surface area (Å²) in [6.45, 7) is 0. The molecule has 0 spiro atoms. The predicted octanol–water partition coefficient (Wildman–Crippen LogP) is 5.01. The molecule has 8 heteroatoms. The van der Waals surface area contributed by atoms with E-state index in [2.05, 4.69) is 10.4 Å². The van der Waals surface area contributed by atoms with Gasteiger partial charge in [-0.1, -0.05) is 49.6 Å². The maximum absolute atomic E-state index is 13.5. The highest BCUT2D eigenvalue weighted by Gasteiger charge is 2.18. The number of aromatic nitrogens is 2. The molecule has 1 heterocycles. The number of fused-ring (bicyclic) bond motifs is 1. The van der Waals surface area contributed by atoms with E-state index in [1.165, 1.54) is 25.0 Å². The van der Waals surface area contributed by atoms with Crippen LogP contribution < -0.4 is 11.0 Å². The Morgan fingerprint density at radius 2 is 1.84 bits per heavy atom. The second kappa shape index (κ2) is 9.60. The third kappa shape index (κ3) is 5.31. The highest BCUT2D eigenvalue weighted by molar-refractivity contribution is 7.98. The number of nitrogens with zero attached hydrogens (tertiary/aromatic N) is 2. The van der Waals surface area contributed by atoms with E-state index in [9.17, 15) is 18.4 Å². The molecule has 1 aromatic heterocycles. The third-order valence-corrected chi connectivity index (χ3v) is 6.54. The van der Waals surface area contributed by atoms with Gasteiger partial charge in [0.25, 0.3) is 5.56 Å². The van der Waals surface area contributed by atoms with Gasteiger partial charge in [-0.2, -0.15) is 4.68 Å². The molecule has 0 atom stereocenters. The predicted molar refractivity (Wildman–Crippen MR) is 117 cm³/mol. The lowest BCUT2D eigenvalue weighted by molar-refractivity contribution is -0.117. The van der Waals surface area contributed by atoms with Gasteiger partial charge in [-0.3, -0.25) is 15.0 Å². The van der Waals surface area contributed by atoms with Gasteiger partial charge in [0, 0.05) is 18.2 Å². The first-order valence-electron chi connectivity index (χ1n) is 10.4. The van der Waals surface area contributed by atoms with Crippen LogP contribution in [0, 0.1) is 17.6 Å². The Morgan fingerprint density at radius 3 is 2.58 bits per heavy atom. The molecule has 0 bridgehead atoms. The van der Waals surface area contributed by atoms with Gasteiger partial charge in [0.05, 0.1) is 10.9 Å². The standard InChI is InChI=1S/C23H23F2N3O2S/c24-17-11-16(12-18(25)13-17)14-31-23-26-20-8-4-3-7-19(20)22(30)28(23)27-21(29)10-9-15-5-1-2-6-15/h3-4,7-8,11-13,15H,1-2,5-6,9-10,14H2,(H,27,29). The van der Waals surface area contributed by atoms with Gasteiger partial charge >= 0.3 is 0 Å². The first-order chi connectivity index (χ1) is 15.0. The molecule has 2 aromatic carbocycles. The average molecular weight is 444 g/mol. The molecule has 0 unspecified atom stereocenters. The Hall–Kier alpha value is -2.74. The van der Waals surface area contributed by atoms with Crippen molar-refractivity contribution in [3.8, 4) is 0 Å². The number of hydrogen-bond acceptors (Lipinski definition) is 4. The summed E-state index contributed by atoms with van der Waals surface area (Å²) in [7, 11) is 0. The van der Waals surface area contributed by atoms with Gasteiger partial charge in [-0.25, -0.2) is 13.8 Å². The van der Waals surface area contributed by atoms with E-state index in [1.54, 1.807) is 24.3 Å². The topological polar surface area (TPSA) is 64.0 Å². The second-order valence-electron chi connectivity index (χ2n) is 7.84. The van der Waals surface area contributed by atoms with Crippen molar-refractivity contribution in [2.75, 3.05) is 5.43 Å². The maximum atomic E-state index is 13.5. The molecule has 0 aliphatic heterocycles. The highest BCUT2D eigenvalue weighted by Crippen LogP contribution is 2.28. The molecular weight excluding hydrogens is 420 g/mol. The Morgan fingerprint density at radius 1 is 1.13 bits per heavy atom. The number of hydrogen-bond donors (Lipinski definition) is 1. The lowest BCUT2D eigenvalue weighted by Gasteiger charge is -2.15. The van der Waals surface area contributed by atoms with Crippen molar-refractivity contribution < 1.29 is 13.6 Å². The quantitative estimate of drug-likeness (QED) is 0.412. The molecular formula is C23H23F2N3O2S. The maximum Gasteiger partial charge on any atom is 0.281 e. The van der Waals surface area contributed by atoms with Gasteiger partial charge in [0.2, 0.25) is 5.91 Å². The first-order valence-corrected chi connectivity index (χ1v) is 11.4. The molecule has 5 nitrogen and oxygen atoms in total. The summed E-state index contributed by atoms with van der Waals surface area (Å²) in [5.41, 5.74) is 3.22. The Kier molecular flexibility index (Phi) is 6.65. The van der Waals surface area contributed by atoms with Crippen molar-refractivity contribution in [3.63, 3.8) is 0 Å². The average Bonchev–Trinajstić information content (AvgIpc) is 3.26. The Bertz CT molecular complexity index is 1140. The number of nitrogens with one attached hydrogen (secondary N) is 1. The van der Waals surface area contributed by atoms with Gasteiger partial charge in [0.15, 0.2) is 5.16 Å². The number of rotatable bonds is 7. The van der Waals surface area contributed by atoms with E-state index in [0.29, 0.717) is 28.8 Å². The van der Waals surface area contributed by atoms with E-state index in [1.807, 2.05) is 0 Å². The molecule has 162 valence electrons. The Balaban J connectivity index is 1.58. The number of thioether (sulfide) groups is 1. The van der Waals surface area contributed by atoms with E-state index < -0.39 is 11.6 Å². The second-order valence-corrected chi connectivity index (χ2v) is 8.79. The molecule has 0 saturated heterocycles. The molecule has 3 aromatic rings. The van der Waals surface area contributed by atoms with Crippen LogP contribution >= 0.6 is 11.8 Å². The lowest BCUT2D eigenvalue weighted by atomic mass is 10.0. The van der Waals surface area contributed by atoms with Crippen molar-refractivity contribution in [1.29, 1.82) is 0 Å².